The van der Waals surface area contributed by atoms with Crippen molar-refractivity contribution in [1.29, 1.82) is 0 Å². The van der Waals surface area contributed by atoms with Crippen molar-refractivity contribution >= 4 is 22.7 Å². The Morgan fingerprint density at radius 2 is 2.15 bits per heavy atom. The van der Waals surface area contributed by atoms with Gasteiger partial charge < -0.3 is 16.0 Å². The average Bonchev–Trinajstić information content (AvgIpc) is 2.82. The summed E-state index contributed by atoms with van der Waals surface area (Å²) in [7, 11) is 0. The molecular formula is C15H18N3O2. The number of carbonyl (C=O) groups excluding carboxylic acids is 2. The molecule has 1 aromatic heterocycles. The van der Waals surface area contributed by atoms with Gasteiger partial charge in [-0.3, -0.25) is 9.59 Å². The number of amides is 2. The molecule has 105 valence electrons. The quantitative estimate of drug-likeness (QED) is 0.740. The minimum Gasteiger partial charge on any atom is -0.368 e. The summed E-state index contributed by atoms with van der Waals surface area (Å²) >= 11 is 0. The van der Waals surface area contributed by atoms with E-state index in [1.807, 2.05) is 37.4 Å². The third-order valence-electron chi connectivity index (χ3n) is 3.15. The van der Waals surface area contributed by atoms with Crippen LogP contribution in [-0.4, -0.2) is 22.8 Å². The second-order valence-corrected chi connectivity index (χ2v) is 4.64. The van der Waals surface area contributed by atoms with Crippen LogP contribution in [0, 0.1) is 6.42 Å². The van der Waals surface area contributed by atoms with Gasteiger partial charge in [0.2, 0.25) is 11.8 Å². The molecule has 0 unspecified atom stereocenters. The second-order valence-electron chi connectivity index (χ2n) is 4.64. The van der Waals surface area contributed by atoms with Crippen LogP contribution >= 0.6 is 0 Å². The van der Waals surface area contributed by atoms with E-state index in [-0.39, 0.29) is 5.91 Å². The maximum atomic E-state index is 11.6. The van der Waals surface area contributed by atoms with Crippen LogP contribution in [0.25, 0.3) is 10.9 Å². The molecule has 0 aliphatic rings. The summed E-state index contributed by atoms with van der Waals surface area (Å²) in [5, 5.41) is 3.67. The van der Waals surface area contributed by atoms with E-state index in [0.29, 0.717) is 12.8 Å². The minimum absolute atomic E-state index is 0.267. The fourth-order valence-corrected chi connectivity index (χ4v) is 2.16. The zero-order chi connectivity index (χ0) is 14.5. The fourth-order valence-electron chi connectivity index (χ4n) is 2.16. The first-order valence-electron chi connectivity index (χ1n) is 6.59. The van der Waals surface area contributed by atoms with Crippen molar-refractivity contribution < 1.29 is 9.59 Å². The smallest absolute Gasteiger partial charge is 0.240 e. The zero-order valence-electron chi connectivity index (χ0n) is 11.3. The predicted molar refractivity (Wildman–Crippen MR) is 77.7 cm³/mol. The van der Waals surface area contributed by atoms with E-state index in [0.717, 1.165) is 16.5 Å². The van der Waals surface area contributed by atoms with Gasteiger partial charge in [-0.25, -0.2) is 0 Å². The lowest BCUT2D eigenvalue weighted by Crippen LogP contribution is -2.45. The zero-order valence-corrected chi connectivity index (χ0v) is 11.3. The van der Waals surface area contributed by atoms with Crippen molar-refractivity contribution in [3.63, 3.8) is 0 Å². The summed E-state index contributed by atoms with van der Waals surface area (Å²) in [6.45, 7) is 1.86. The number of primary amides is 1. The number of nitrogens with one attached hydrogen (secondary N) is 2. The SMILES string of the molecule is CC[CH]C(=O)N[C@@H](Cc1c[nH]c2ccccc12)C(N)=O. The molecule has 2 rings (SSSR count). The molecule has 1 aromatic carbocycles. The Kier molecular flexibility index (Phi) is 4.40. The lowest BCUT2D eigenvalue weighted by molar-refractivity contribution is -0.125. The Hall–Kier alpha value is -2.30. The molecule has 4 N–H and O–H groups in total. The monoisotopic (exact) mass is 272 g/mol. The van der Waals surface area contributed by atoms with Gasteiger partial charge in [0.1, 0.15) is 6.04 Å². The van der Waals surface area contributed by atoms with Gasteiger partial charge in [0.05, 0.1) is 0 Å². The summed E-state index contributed by atoms with van der Waals surface area (Å²) in [5.74, 6) is -0.802. The molecule has 0 fully saturated rings. The van der Waals surface area contributed by atoms with Crippen LogP contribution in [0.4, 0.5) is 0 Å². The first kappa shape index (κ1) is 14.1. The molecule has 2 aromatic rings. The predicted octanol–water partition coefficient (Wildman–Crippen LogP) is 1.29. The molecule has 20 heavy (non-hydrogen) atoms. The normalized spacial score (nSPS) is 12.2. The van der Waals surface area contributed by atoms with Crippen LogP contribution in [-0.2, 0) is 16.0 Å². The molecule has 0 saturated heterocycles. The highest BCUT2D eigenvalue weighted by atomic mass is 16.2. The van der Waals surface area contributed by atoms with Crippen molar-refractivity contribution in [1.82, 2.24) is 10.3 Å². The van der Waals surface area contributed by atoms with Crippen LogP contribution in [0.3, 0.4) is 0 Å². The van der Waals surface area contributed by atoms with Gasteiger partial charge in [-0.1, -0.05) is 25.1 Å². The van der Waals surface area contributed by atoms with Gasteiger partial charge in [0.25, 0.3) is 0 Å². The van der Waals surface area contributed by atoms with Crippen molar-refractivity contribution in [3.05, 3.63) is 42.4 Å². The maximum absolute atomic E-state index is 11.6. The summed E-state index contributed by atoms with van der Waals surface area (Å²) < 4.78 is 0. The van der Waals surface area contributed by atoms with E-state index in [2.05, 4.69) is 10.3 Å². The van der Waals surface area contributed by atoms with Crippen molar-refractivity contribution in [2.45, 2.75) is 25.8 Å². The third-order valence-corrected chi connectivity index (χ3v) is 3.15. The lowest BCUT2D eigenvalue weighted by Gasteiger charge is -2.14. The molecule has 5 heteroatoms. The van der Waals surface area contributed by atoms with Gasteiger partial charge in [0.15, 0.2) is 0 Å². The lowest BCUT2D eigenvalue weighted by atomic mass is 10.0. The topological polar surface area (TPSA) is 88.0 Å². The Bertz CT molecular complexity index is 618. The van der Waals surface area contributed by atoms with E-state index in [1.54, 1.807) is 0 Å². The molecule has 0 saturated carbocycles. The number of fused-ring (bicyclic) bond motifs is 1. The van der Waals surface area contributed by atoms with Gasteiger partial charge >= 0.3 is 0 Å². The maximum Gasteiger partial charge on any atom is 0.240 e. The van der Waals surface area contributed by atoms with Crippen LogP contribution < -0.4 is 11.1 Å². The third kappa shape index (κ3) is 3.17. The number of nitrogens with two attached hydrogens (primary N) is 1. The van der Waals surface area contributed by atoms with E-state index >= 15 is 0 Å². The number of hydrogen-bond donors (Lipinski definition) is 3. The highest BCUT2D eigenvalue weighted by Crippen LogP contribution is 2.19. The van der Waals surface area contributed by atoms with E-state index in [1.165, 1.54) is 6.42 Å². The molecule has 1 radical (unpaired) electrons. The molecular weight excluding hydrogens is 254 g/mol. The summed E-state index contributed by atoms with van der Waals surface area (Å²) in [6.07, 6.45) is 4.33. The standard InChI is InChI=1S/C15H18N3O2/c1-2-5-14(19)18-13(15(16)20)8-10-9-17-12-7-4-3-6-11(10)12/h3-7,9,13,17H,2,8H2,1H3,(H2,16,20)(H,18,19)/t13-/m0/s1. The number of H-pyrrole nitrogens is 1. The van der Waals surface area contributed by atoms with Crippen molar-refractivity contribution in [2.24, 2.45) is 5.73 Å². The van der Waals surface area contributed by atoms with Gasteiger partial charge in [-0.15, -0.1) is 0 Å². The Balaban J connectivity index is 2.15. The molecule has 0 aliphatic carbocycles. The molecule has 0 spiro atoms. The Morgan fingerprint density at radius 1 is 1.40 bits per heavy atom. The van der Waals surface area contributed by atoms with Crippen LogP contribution in [0.15, 0.2) is 30.5 Å². The molecule has 1 heterocycles. The summed E-state index contributed by atoms with van der Waals surface area (Å²) in [6, 6.07) is 7.10. The van der Waals surface area contributed by atoms with Crippen LogP contribution in [0.1, 0.15) is 18.9 Å². The second kappa shape index (κ2) is 6.23. The number of aromatic amines is 1. The van der Waals surface area contributed by atoms with Gasteiger partial charge in [0, 0.05) is 29.9 Å². The minimum atomic E-state index is -0.704. The summed E-state index contributed by atoms with van der Waals surface area (Å²) in [5.41, 5.74) is 7.32. The Morgan fingerprint density at radius 3 is 2.85 bits per heavy atom. The number of carbonyl (C=O) groups is 2. The molecule has 5 nitrogen and oxygen atoms in total. The molecule has 0 aliphatic heterocycles. The average molecular weight is 272 g/mol. The van der Waals surface area contributed by atoms with Crippen LogP contribution in [0.5, 0.6) is 0 Å². The fraction of sp³-hybridized carbons (Fsp3) is 0.267. The first-order chi connectivity index (χ1) is 9.61. The number of aromatic nitrogens is 1. The summed E-state index contributed by atoms with van der Waals surface area (Å²) in [4.78, 5) is 26.2. The number of benzene rings is 1. The van der Waals surface area contributed by atoms with Gasteiger partial charge in [-0.05, 0) is 18.1 Å². The van der Waals surface area contributed by atoms with E-state index in [9.17, 15) is 9.59 Å². The highest BCUT2D eigenvalue weighted by molar-refractivity contribution is 5.91. The first-order valence-corrected chi connectivity index (χ1v) is 6.59. The molecule has 1 atom stereocenters. The number of hydrogen-bond acceptors (Lipinski definition) is 2. The number of rotatable bonds is 6. The van der Waals surface area contributed by atoms with E-state index < -0.39 is 11.9 Å². The number of para-hydroxylation sites is 1. The van der Waals surface area contributed by atoms with Gasteiger partial charge in [-0.2, -0.15) is 0 Å². The largest absolute Gasteiger partial charge is 0.368 e. The molecule has 0 bridgehead atoms. The highest BCUT2D eigenvalue weighted by Gasteiger charge is 2.19. The molecule has 2 amide bonds. The van der Waals surface area contributed by atoms with E-state index in [4.69, 9.17) is 5.73 Å². The Labute approximate surface area is 117 Å². The van der Waals surface area contributed by atoms with Crippen molar-refractivity contribution in [3.8, 4) is 0 Å². The van der Waals surface area contributed by atoms with Crippen LogP contribution in [0.2, 0.25) is 0 Å². The van der Waals surface area contributed by atoms with Crippen molar-refractivity contribution in [2.75, 3.05) is 0 Å².